The van der Waals surface area contributed by atoms with Crippen LogP contribution in [0.1, 0.15) is 33.6 Å². The highest BCUT2D eigenvalue weighted by Crippen LogP contribution is 2.06. The molecule has 7 N–H and O–H groups in total. The molecule has 0 radical (unpaired) electrons. The second-order valence-corrected chi connectivity index (χ2v) is 6.67. The molecule has 27 heavy (non-hydrogen) atoms. The van der Waals surface area contributed by atoms with Crippen molar-refractivity contribution in [1.29, 1.82) is 0 Å². The minimum atomic E-state index is -1.46. The van der Waals surface area contributed by atoms with Crippen LogP contribution in [0.15, 0.2) is 0 Å². The largest absolute Gasteiger partial charge is 0.480 e. The number of aliphatic hydroxyl groups excluding tert-OH is 2. The summed E-state index contributed by atoms with van der Waals surface area (Å²) in [5.74, 6) is -3.51. The number of carboxylic acids is 1. The number of hydrogen-bond donors (Lipinski definition) is 7. The molecule has 0 saturated carbocycles. The summed E-state index contributed by atoms with van der Waals surface area (Å²) in [6, 6.07) is -4.49. The quantitative estimate of drug-likeness (QED) is 0.219. The summed E-state index contributed by atoms with van der Waals surface area (Å²) in [7, 11) is 0. The van der Waals surface area contributed by atoms with Crippen LogP contribution in [0, 0.1) is 0 Å². The van der Waals surface area contributed by atoms with E-state index < -0.39 is 60.1 Å². The molecule has 11 nitrogen and oxygen atoms in total. The van der Waals surface area contributed by atoms with E-state index in [0.29, 0.717) is 13.0 Å². The van der Waals surface area contributed by atoms with Crippen LogP contribution in [0.5, 0.6) is 0 Å². The van der Waals surface area contributed by atoms with Gasteiger partial charge in [0.2, 0.25) is 17.7 Å². The van der Waals surface area contributed by atoms with Crippen LogP contribution in [0.3, 0.4) is 0 Å². The topological polar surface area (TPSA) is 177 Å². The zero-order chi connectivity index (χ0) is 20.7. The minimum Gasteiger partial charge on any atom is -0.480 e. The number of aliphatic hydroxyl groups is 2. The van der Waals surface area contributed by atoms with Gasteiger partial charge < -0.3 is 36.6 Å². The highest BCUT2D eigenvalue weighted by atomic mass is 16.4. The summed E-state index contributed by atoms with van der Waals surface area (Å²) in [6.07, 6.45) is -1.18. The molecule has 0 bridgehead atoms. The van der Waals surface area contributed by atoms with Gasteiger partial charge in [0.05, 0.1) is 18.2 Å². The van der Waals surface area contributed by atoms with Gasteiger partial charge in [0.25, 0.3) is 0 Å². The van der Waals surface area contributed by atoms with Crippen LogP contribution < -0.4 is 21.3 Å². The maximum Gasteiger partial charge on any atom is 0.325 e. The van der Waals surface area contributed by atoms with Crippen molar-refractivity contribution < 1.29 is 34.5 Å². The molecule has 1 aliphatic rings. The average molecular weight is 388 g/mol. The van der Waals surface area contributed by atoms with Crippen LogP contribution in [-0.2, 0) is 19.2 Å². The number of nitrogens with one attached hydrogen (secondary N) is 4. The van der Waals surface area contributed by atoms with Crippen LogP contribution in [0.4, 0.5) is 0 Å². The summed E-state index contributed by atoms with van der Waals surface area (Å²) in [5, 5.41) is 38.3. The van der Waals surface area contributed by atoms with E-state index in [2.05, 4.69) is 21.3 Å². The lowest BCUT2D eigenvalue weighted by atomic mass is 10.1. The fourth-order valence-electron chi connectivity index (χ4n) is 2.58. The highest BCUT2D eigenvalue weighted by Gasteiger charge is 2.34. The van der Waals surface area contributed by atoms with Crippen LogP contribution in [-0.4, -0.2) is 81.9 Å². The maximum absolute atomic E-state index is 12.5. The molecule has 1 saturated heterocycles. The van der Waals surface area contributed by atoms with Crippen molar-refractivity contribution in [3.63, 3.8) is 0 Å². The normalized spacial score (nSPS) is 22.0. The molecule has 0 aromatic rings. The van der Waals surface area contributed by atoms with Gasteiger partial charge in [-0.25, -0.2) is 0 Å². The average Bonchev–Trinajstić information content (AvgIpc) is 3.10. The summed E-state index contributed by atoms with van der Waals surface area (Å²) in [6.45, 7) is 4.45. The fourth-order valence-corrected chi connectivity index (χ4v) is 2.58. The molecule has 1 fully saturated rings. The fraction of sp³-hybridized carbons (Fsp3) is 0.750. The van der Waals surface area contributed by atoms with E-state index in [1.54, 1.807) is 0 Å². The van der Waals surface area contributed by atoms with E-state index in [1.165, 1.54) is 20.8 Å². The Kier molecular flexibility index (Phi) is 8.60. The Morgan fingerprint density at radius 3 is 1.89 bits per heavy atom. The third kappa shape index (κ3) is 6.77. The number of carbonyl (C=O) groups is 4. The lowest BCUT2D eigenvalue weighted by molar-refractivity contribution is -0.142. The van der Waals surface area contributed by atoms with E-state index in [0.717, 1.165) is 6.42 Å². The first-order valence-corrected chi connectivity index (χ1v) is 8.78. The predicted octanol–water partition coefficient (Wildman–Crippen LogP) is -2.94. The number of amides is 3. The lowest BCUT2D eigenvalue weighted by Gasteiger charge is -2.27. The maximum atomic E-state index is 12.5. The number of hydrogen-bond acceptors (Lipinski definition) is 7. The third-order valence-corrected chi connectivity index (χ3v) is 4.23. The number of rotatable bonds is 9. The van der Waals surface area contributed by atoms with Gasteiger partial charge in [0.1, 0.15) is 18.1 Å². The first kappa shape index (κ1) is 22.8. The molecule has 1 aliphatic heterocycles. The van der Waals surface area contributed by atoms with Crippen molar-refractivity contribution in [2.75, 3.05) is 6.54 Å². The molecule has 11 heteroatoms. The Morgan fingerprint density at radius 2 is 1.44 bits per heavy atom. The van der Waals surface area contributed by atoms with Gasteiger partial charge in [-0.05, 0) is 40.2 Å². The third-order valence-electron chi connectivity index (χ3n) is 4.23. The second-order valence-electron chi connectivity index (χ2n) is 6.67. The van der Waals surface area contributed by atoms with Gasteiger partial charge in [-0.1, -0.05) is 0 Å². The zero-order valence-corrected chi connectivity index (χ0v) is 15.6. The Morgan fingerprint density at radius 1 is 0.926 bits per heavy atom. The van der Waals surface area contributed by atoms with Crippen molar-refractivity contribution in [3.05, 3.63) is 0 Å². The smallest absolute Gasteiger partial charge is 0.325 e. The SMILES string of the molecule is CC(NC(=O)C(NC(=O)C(NC(=O)C1CCCN1)C(C)O)C(C)O)C(=O)O. The zero-order valence-electron chi connectivity index (χ0n) is 15.6. The van der Waals surface area contributed by atoms with E-state index in [1.807, 2.05) is 0 Å². The first-order valence-electron chi connectivity index (χ1n) is 8.78. The van der Waals surface area contributed by atoms with Crippen molar-refractivity contribution in [1.82, 2.24) is 21.3 Å². The van der Waals surface area contributed by atoms with E-state index in [-0.39, 0.29) is 0 Å². The Balaban J connectivity index is 2.79. The van der Waals surface area contributed by atoms with E-state index in [4.69, 9.17) is 5.11 Å². The summed E-state index contributed by atoms with van der Waals surface area (Å²) in [5.41, 5.74) is 0. The summed E-state index contributed by atoms with van der Waals surface area (Å²) < 4.78 is 0. The standard InChI is InChI=1S/C16H28N4O7/c1-7(16(26)27)18-14(24)11(8(2)21)20-15(25)12(9(3)22)19-13(23)10-5-4-6-17-10/h7-12,17,21-22H,4-6H2,1-3H3,(H,18,24)(H,19,23)(H,20,25)(H,26,27). The van der Waals surface area contributed by atoms with Gasteiger partial charge in [0, 0.05) is 0 Å². The minimum absolute atomic E-state index is 0.453. The van der Waals surface area contributed by atoms with Gasteiger partial charge in [-0.3, -0.25) is 19.2 Å². The molecule has 0 spiro atoms. The molecular formula is C16H28N4O7. The van der Waals surface area contributed by atoms with Crippen LogP contribution in [0.25, 0.3) is 0 Å². The monoisotopic (exact) mass is 388 g/mol. The Hall–Kier alpha value is -2.24. The molecular weight excluding hydrogens is 360 g/mol. The van der Waals surface area contributed by atoms with Crippen molar-refractivity contribution in [2.24, 2.45) is 0 Å². The number of carboxylic acid groups (broad SMARTS) is 1. The Labute approximate surface area is 156 Å². The summed E-state index contributed by atoms with van der Waals surface area (Å²) in [4.78, 5) is 47.6. The van der Waals surface area contributed by atoms with E-state index in [9.17, 15) is 29.4 Å². The van der Waals surface area contributed by atoms with Gasteiger partial charge >= 0.3 is 5.97 Å². The Bertz CT molecular complexity index is 561. The van der Waals surface area contributed by atoms with Crippen LogP contribution in [0.2, 0.25) is 0 Å². The lowest BCUT2D eigenvalue weighted by Crippen LogP contribution is -2.61. The summed E-state index contributed by atoms with van der Waals surface area (Å²) >= 11 is 0. The van der Waals surface area contributed by atoms with Crippen molar-refractivity contribution in [2.45, 2.75) is 70.0 Å². The van der Waals surface area contributed by atoms with Crippen LogP contribution >= 0.6 is 0 Å². The van der Waals surface area contributed by atoms with Gasteiger partial charge in [-0.2, -0.15) is 0 Å². The van der Waals surface area contributed by atoms with Gasteiger partial charge in [-0.15, -0.1) is 0 Å². The second kappa shape index (κ2) is 10.2. The molecule has 0 aliphatic carbocycles. The molecule has 1 heterocycles. The number of carbonyl (C=O) groups excluding carboxylic acids is 3. The first-order chi connectivity index (χ1) is 12.5. The molecule has 3 amide bonds. The van der Waals surface area contributed by atoms with Crippen molar-refractivity contribution in [3.8, 4) is 0 Å². The molecule has 6 atom stereocenters. The van der Waals surface area contributed by atoms with Gasteiger partial charge in [0.15, 0.2) is 0 Å². The van der Waals surface area contributed by atoms with Crippen molar-refractivity contribution >= 4 is 23.7 Å². The molecule has 154 valence electrons. The molecule has 6 unspecified atom stereocenters. The molecule has 0 aromatic heterocycles. The van der Waals surface area contributed by atoms with E-state index >= 15 is 0 Å². The predicted molar refractivity (Wildman–Crippen MR) is 93.5 cm³/mol. The molecule has 1 rings (SSSR count). The number of aliphatic carboxylic acids is 1. The molecule has 0 aromatic carbocycles. The highest BCUT2D eigenvalue weighted by molar-refractivity contribution is 5.94.